The molecule has 0 bridgehead atoms. The van der Waals surface area contributed by atoms with Crippen molar-refractivity contribution in [3.63, 3.8) is 0 Å². The summed E-state index contributed by atoms with van der Waals surface area (Å²) in [6.45, 7) is 9.93. The quantitative estimate of drug-likeness (QED) is 0.897. The third-order valence-corrected chi connectivity index (χ3v) is 3.34. The molecule has 4 heteroatoms. The lowest BCUT2D eigenvalue weighted by Gasteiger charge is -2.19. The molecule has 0 atom stereocenters. The molecular formula is C17H22FN3. The Labute approximate surface area is 125 Å². The van der Waals surface area contributed by atoms with E-state index in [2.05, 4.69) is 15.3 Å². The zero-order chi connectivity index (χ0) is 15.8. The maximum absolute atomic E-state index is 14.4. The second-order valence-electron chi connectivity index (χ2n) is 6.40. The van der Waals surface area contributed by atoms with Crippen molar-refractivity contribution in [3.05, 3.63) is 41.0 Å². The van der Waals surface area contributed by atoms with Crippen molar-refractivity contribution in [2.75, 3.05) is 12.4 Å². The number of aromatic nitrogens is 2. The molecule has 0 aliphatic heterocycles. The van der Waals surface area contributed by atoms with Crippen LogP contribution in [0.4, 0.5) is 10.2 Å². The van der Waals surface area contributed by atoms with Crippen LogP contribution in [0.2, 0.25) is 0 Å². The fourth-order valence-corrected chi connectivity index (χ4v) is 2.28. The van der Waals surface area contributed by atoms with E-state index in [4.69, 9.17) is 0 Å². The van der Waals surface area contributed by atoms with Crippen LogP contribution in [0.3, 0.4) is 0 Å². The zero-order valence-corrected chi connectivity index (χ0v) is 13.5. The smallest absolute Gasteiger partial charge is 0.136 e. The van der Waals surface area contributed by atoms with Gasteiger partial charge in [-0.1, -0.05) is 26.8 Å². The van der Waals surface area contributed by atoms with Crippen LogP contribution in [-0.4, -0.2) is 17.0 Å². The second-order valence-corrected chi connectivity index (χ2v) is 6.40. The molecule has 1 aromatic heterocycles. The molecule has 2 rings (SSSR count). The molecule has 0 aliphatic carbocycles. The minimum atomic E-state index is -0.242. The van der Waals surface area contributed by atoms with Crippen LogP contribution in [0, 0.1) is 19.7 Å². The van der Waals surface area contributed by atoms with Gasteiger partial charge in [0, 0.05) is 24.1 Å². The minimum Gasteiger partial charge on any atom is -0.373 e. The molecule has 112 valence electrons. The Hall–Kier alpha value is -1.97. The van der Waals surface area contributed by atoms with E-state index in [9.17, 15) is 4.39 Å². The molecule has 2 aromatic rings. The molecular weight excluding hydrogens is 265 g/mol. The van der Waals surface area contributed by atoms with Crippen molar-refractivity contribution in [2.45, 2.75) is 40.0 Å². The summed E-state index contributed by atoms with van der Waals surface area (Å²) in [5, 5.41) is 3.03. The van der Waals surface area contributed by atoms with Gasteiger partial charge in [-0.05, 0) is 31.0 Å². The summed E-state index contributed by atoms with van der Waals surface area (Å²) in [4.78, 5) is 9.06. The van der Waals surface area contributed by atoms with Crippen molar-refractivity contribution >= 4 is 5.82 Å². The van der Waals surface area contributed by atoms with Gasteiger partial charge in [0.1, 0.15) is 17.5 Å². The Balaban J connectivity index is 2.70. The summed E-state index contributed by atoms with van der Waals surface area (Å²) in [5.74, 6) is 1.15. The SMILES string of the molecule is CNc1cc(-c2c(C)cc(C)cc2F)nc(C(C)(C)C)n1. The van der Waals surface area contributed by atoms with Crippen LogP contribution in [0.25, 0.3) is 11.3 Å². The summed E-state index contributed by atoms with van der Waals surface area (Å²) in [6, 6.07) is 5.30. The third-order valence-electron chi connectivity index (χ3n) is 3.34. The first-order valence-electron chi connectivity index (χ1n) is 7.07. The number of rotatable bonds is 2. The van der Waals surface area contributed by atoms with Crippen LogP contribution < -0.4 is 5.32 Å². The van der Waals surface area contributed by atoms with Crippen LogP contribution in [-0.2, 0) is 5.41 Å². The third kappa shape index (κ3) is 3.20. The Morgan fingerprint density at radius 2 is 1.71 bits per heavy atom. The molecule has 0 unspecified atom stereocenters. The van der Waals surface area contributed by atoms with Crippen LogP contribution in [0.1, 0.15) is 37.7 Å². The number of hydrogen-bond acceptors (Lipinski definition) is 3. The number of benzene rings is 1. The van der Waals surface area contributed by atoms with Crippen molar-refractivity contribution in [2.24, 2.45) is 0 Å². The molecule has 0 aliphatic rings. The highest BCUT2D eigenvalue weighted by Gasteiger charge is 2.21. The van der Waals surface area contributed by atoms with Crippen LogP contribution in [0.15, 0.2) is 18.2 Å². The molecule has 0 amide bonds. The maximum atomic E-state index is 14.4. The van der Waals surface area contributed by atoms with E-state index in [0.717, 1.165) is 11.1 Å². The van der Waals surface area contributed by atoms with Gasteiger partial charge in [-0.15, -0.1) is 0 Å². The van der Waals surface area contributed by atoms with E-state index in [0.29, 0.717) is 22.9 Å². The fraction of sp³-hybridized carbons (Fsp3) is 0.412. The van der Waals surface area contributed by atoms with Crippen molar-refractivity contribution in [1.29, 1.82) is 0 Å². The maximum Gasteiger partial charge on any atom is 0.136 e. The molecule has 3 nitrogen and oxygen atoms in total. The summed E-state index contributed by atoms with van der Waals surface area (Å²) in [7, 11) is 1.80. The summed E-state index contributed by atoms with van der Waals surface area (Å²) in [5.41, 5.74) is 2.76. The van der Waals surface area contributed by atoms with Gasteiger partial charge in [0.2, 0.25) is 0 Å². The number of aryl methyl sites for hydroxylation is 2. The van der Waals surface area contributed by atoms with Gasteiger partial charge in [-0.2, -0.15) is 0 Å². The number of nitrogens with zero attached hydrogens (tertiary/aromatic N) is 2. The standard InChI is InChI=1S/C17H22FN3/c1-10-7-11(2)15(12(18)8-10)13-9-14(19-6)21-16(20-13)17(3,4)5/h7-9H,1-6H3,(H,19,20,21). The van der Waals surface area contributed by atoms with Crippen molar-refractivity contribution in [3.8, 4) is 11.3 Å². The molecule has 21 heavy (non-hydrogen) atoms. The van der Waals surface area contributed by atoms with Gasteiger partial charge in [0.05, 0.1) is 5.69 Å². The van der Waals surface area contributed by atoms with E-state index < -0.39 is 0 Å². The summed E-state index contributed by atoms with van der Waals surface area (Å²) < 4.78 is 14.4. The Morgan fingerprint density at radius 3 is 2.24 bits per heavy atom. The van der Waals surface area contributed by atoms with Crippen molar-refractivity contribution < 1.29 is 4.39 Å². The van der Waals surface area contributed by atoms with Gasteiger partial charge in [0.15, 0.2) is 0 Å². The predicted molar refractivity (Wildman–Crippen MR) is 85.1 cm³/mol. The van der Waals surface area contributed by atoms with Crippen molar-refractivity contribution in [1.82, 2.24) is 9.97 Å². The largest absolute Gasteiger partial charge is 0.373 e. The van der Waals surface area contributed by atoms with E-state index >= 15 is 0 Å². The normalized spacial score (nSPS) is 11.6. The van der Waals surface area contributed by atoms with Crippen LogP contribution in [0.5, 0.6) is 0 Å². The minimum absolute atomic E-state index is 0.198. The summed E-state index contributed by atoms with van der Waals surface area (Å²) >= 11 is 0. The zero-order valence-electron chi connectivity index (χ0n) is 13.5. The van der Waals surface area contributed by atoms with E-state index in [1.165, 1.54) is 0 Å². The topological polar surface area (TPSA) is 37.8 Å². The lowest BCUT2D eigenvalue weighted by molar-refractivity contribution is 0.546. The van der Waals surface area contributed by atoms with Crippen LogP contribution >= 0.6 is 0 Å². The number of halogens is 1. The second kappa shape index (κ2) is 5.43. The first kappa shape index (κ1) is 15.4. The average molecular weight is 287 g/mol. The molecule has 1 heterocycles. The lowest BCUT2D eigenvalue weighted by atomic mass is 9.95. The highest BCUT2D eigenvalue weighted by atomic mass is 19.1. The molecule has 0 saturated heterocycles. The molecule has 0 radical (unpaired) electrons. The lowest BCUT2D eigenvalue weighted by Crippen LogP contribution is -2.17. The molecule has 0 saturated carbocycles. The Bertz CT molecular complexity index is 649. The van der Waals surface area contributed by atoms with Gasteiger partial charge >= 0.3 is 0 Å². The highest BCUT2D eigenvalue weighted by molar-refractivity contribution is 5.67. The molecule has 1 N–H and O–H groups in total. The molecule has 0 spiro atoms. The van der Waals surface area contributed by atoms with Gasteiger partial charge in [0.25, 0.3) is 0 Å². The van der Waals surface area contributed by atoms with E-state index in [1.807, 2.05) is 40.7 Å². The van der Waals surface area contributed by atoms with Gasteiger partial charge < -0.3 is 5.32 Å². The monoisotopic (exact) mass is 287 g/mol. The number of nitrogens with one attached hydrogen (secondary N) is 1. The number of anilines is 1. The van der Waals surface area contributed by atoms with E-state index in [-0.39, 0.29) is 11.2 Å². The Morgan fingerprint density at radius 1 is 1.05 bits per heavy atom. The van der Waals surface area contributed by atoms with Gasteiger partial charge in [-0.25, -0.2) is 14.4 Å². The average Bonchev–Trinajstić information content (AvgIpc) is 2.36. The first-order chi connectivity index (χ1) is 9.72. The summed E-state index contributed by atoms with van der Waals surface area (Å²) in [6.07, 6.45) is 0. The Kier molecular flexibility index (Phi) is 3.99. The first-order valence-corrected chi connectivity index (χ1v) is 7.07. The van der Waals surface area contributed by atoms with E-state index in [1.54, 1.807) is 19.2 Å². The predicted octanol–water partition coefficient (Wildman–Crippen LogP) is 4.24. The highest BCUT2D eigenvalue weighted by Crippen LogP contribution is 2.30. The fourth-order valence-electron chi connectivity index (χ4n) is 2.28. The molecule has 1 aromatic carbocycles. The number of hydrogen-bond donors (Lipinski definition) is 1. The van der Waals surface area contributed by atoms with Gasteiger partial charge in [-0.3, -0.25) is 0 Å². The molecule has 0 fully saturated rings.